The maximum Gasteiger partial charge on any atom is 0.276 e. The van der Waals surface area contributed by atoms with E-state index in [1.165, 1.54) is 34.9 Å². The summed E-state index contributed by atoms with van der Waals surface area (Å²) in [4.78, 5) is 41.3. The van der Waals surface area contributed by atoms with Crippen LogP contribution in [0.15, 0.2) is 95.8 Å². The summed E-state index contributed by atoms with van der Waals surface area (Å²) in [5, 5.41) is 22.3. The highest BCUT2D eigenvalue weighted by atomic mass is 19.1. The van der Waals surface area contributed by atoms with Crippen LogP contribution in [0.1, 0.15) is 27.2 Å². The molecule has 1 aromatic heterocycles. The van der Waals surface area contributed by atoms with Gasteiger partial charge in [0.05, 0.1) is 22.7 Å². The van der Waals surface area contributed by atoms with Crippen molar-refractivity contribution in [2.45, 2.75) is 20.4 Å². The van der Waals surface area contributed by atoms with Crippen molar-refractivity contribution in [1.29, 1.82) is 0 Å². The maximum absolute atomic E-state index is 14.7. The first-order chi connectivity index (χ1) is 20.2. The molecule has 1 aliphatic rings. The molecular weight excluding hydrogens is 537 g/mol. The fourth-order valence-corrected chi connectivity index (χ4v) is 5.72. The highest BCUT2D eigenvalue weighted by Gasteiger charge is 2.39. The first kappa shape index (κ1) is 26.6. The number of pyridine rings is 1. The summed E-state index contributed by atoms with van der Waals surface area (Å²) < 4.78 is 16.0. The number of carbonyl (C=O) groups excluding carboxylic acids is 1. The van der Waals surface area contributed by atoms with Crippen LogP contribution in [-0.4, -0.2) is 20.5 Å². The molecule has 1 aliphatic heterocycles. The van der Waals surface area contributed by atoms with Crippen LogP contribution >= 0.6 is 0 Å². The number of para-hydroxylation sites is 2. The number of amides is 1. The summed E-state index contributed by atoms with van der Waals surface area (Å²) >= 11 is 0. The molecule has 0 saturated carbocycles. The average Bonchev–Trinajstić information content (AvgIpc) is 3.30. The minimum absolute atomic E-state index is 0.0353. The molecule has 8 nitrogen and oxygen atoms in total. The standard InChI is InChI=1S/C33H24FN3O5/c1-19-7-6-8-20(2)30(19)35-18-26-29(25-17-22(34)13-16-27(25)38)28(21-11-14-24(15-12-21)37(41)42)32(39)36(31(26)33(35)40)23-9-4-3-5-10-23/h3-17,38H,18H2,1-2H3. The molecule has 0 aliphatic carbocycles. The number of aromatic hydroxyl groups is 1. The molecule has 0 unspecified atom stereocenters. The molecule has 1 N–H and O–H groups in total. The van der Waals surface area contributed by atoms with E-state index < -0.39 is 22.2 Å². The Kier molecular flexibility index (Phi) is 6.42. The van der Waals surface area contributed by atoms with Crippen LogP contribution in [0.3, 0.4) is 0 Å². The van der Waals surface area contributed by atoms with E-state index in [0.717, 1.165) is 23.3 Å². The second-order valence-corrected chi connectivity index (χ2v) is 10.2. The number of hydrogen-bond donors (Lipinski definition) is 1. The number of anilines is 1. The van der Waals surface area contributed by atoms with E-state index in [4.69, 9.17) is 0 Å². The normalized spacial score (nSPS) is 12.5. The first-order valence-corrected chi connectivity index (χ1v) is 13.2. The van der Waals surface area contributed by atoms with Crippen molar-refractivity contribution < 1.29 is 19.2 Å². The predicted molar refractivity (Wildman–Crippen MR) is 158 cm³/mol. The number of aryl methyl sites for hydroxylation is 2. The Balaban J connectivity index is 1.76. The number of phenols is 1. The number of nitro groups is 1. The lowest BCUT2D eigenvalue weighted by Gasteiger charge is -2.21. The number of benzene rings is 4. The van der Waals surface area contributed by atoms with E-state index in [2.05, 4.69) is 0 Å². The van der Waals surface area contributed by atoms with Crippen LogP contribution in [0.5, 0.6) is 5.75 Å². The van der Waals surface area contributed by atoms with Crippen molar-refractivity contribution >= 4 is 17.3 Å². The van der Waals surface area contributed by atoms with Gasteiger partial charge in [0.1, 0.15) is 17.3 Å². The Bertz CT molecular complexity index is 1950. The molecule has 42 heavy (non-hydrogen) atoms. The Labute approximate surface area is 239 Å². The minimum atomic E-state index is -0.644. The Hall–Kier alpha value is -5.57. The monoisotopic (exact) mass is 561 g/mol. The van der Waals surface area contributed by atoms with Crippen molar-refractivity contribution in [1.82, 2.24) is 4.57 Å². The average molecular weight is 562 g/mol. The Morgan fingerprint density at radius 2 is 1.52 bits per heavy atom. The van der Waals surface area contributed by atoms with E-state index in [9.17, 15) is 29.2 Å². The van der Waals surface area contributed by atoms with E-state index in [0.29, 0.717) is 22.5 Å². The van der Waals surface area contributed by atoms with Crippen molar-refractivity contribution in [2.75, 3.05) is 4.90 Å². The summed E-state index contributed by atoms with van der Waals surface area (Å²) in [7, 11) is 0. The van der Waals surface area contributed by atoms with Gasteiger partial charge in [0.15, 0.2) is 0 Å². The summed E-state index contributed by atoms with van der Waals surface area (Å²) in [5.41, 5.74) is 3.21. The van der Waals surface area contributed by atoms with Gasteiger partial charge in [0.2, 0.25) is 0 Å². The van der Waals surface area contributed by atoms with Gasteiger partial charge in [-0.2, -0.15) is 0 Å². The van der Waals surface area contributed by atoms with Gasteiger partial charge in [-0.3, -0.25) is 24.3 Å². The Morgan fingerprint density at radius 3 is 2.17 bits per heavy atom. The van der Waals surface area contributed by atoms with E-state index in [-0.39, 0.29) is 40.4 Å². The van der Waals surface area contributed by atoms with Gasteiger partial charge >= 0.3 is 0 Å². The summed E-state index contributed by atoms with van der Waals surface area (Å²) in [5.74, 6) is -1.35. The third-order valence-corrected chi connectivity index (χ3v) is 7.56. The van der Waals surface area contributed by atoms with Gasteiger partial charge < -0.3 is 10.0 Å². The van der Waals surface area contributed by atoms with Gasteiger partial charge in [0.25, 0.3) is 17.2 Å². The van der Waals surface area contributed by atoms with Gasteiger partial charge in [-0.05, 0) is 73.0 Å². The SMILES string of the molecule is Cc1cccc(C)c1N1Cc2c(-c3cc(F)ccc3O)c(-c3ccc([N+](=O)[O-])cc3)c(=O)n(-c3ccccc3)c2C1=O. The largest absolute Gasteiger partial charge is 0.507 e. The second kappa shape index (κ2) is 10.1. The Morgan fingerprint density at radius 1 is 0.857 bits per heavy atom. The molecule has 2 heterocycles. The molecule has 0 fully saturated rings. The van der Waals surface area contributed by atoms with Crippen LogP contribution < -0.4 is 10.5 Å². The van der Waals surface area contributed by atoms with Gasteiger partial charge in [-0.15, -0.1) is 0 Å². The van der Waals surface area contributed by atoms with Crippen LogP contribution in [0, 0.1) is 29.8 Å². The molecule has 9 heteroatoms. The smallest absolute Gasteiger partial charge is 0.276 e. The zero-order valence-electron chi connectivity index (χ0n) is 22.7. The van der Waals surface area contributed by atoms with Crippen molar-refractivity contribution in [3.8, 4) is 33.7 Å². The lowest BCUT2D eigenvalue weighted by Crippen LogP contribution is -2.30. The first-order valence-electron chi connectivity index (χ1n) is 13.2. The number of non-ortho nitro benzene ring substituents is 1. The lowest BCUT2D eigenvalue weighted by molar-refractivity contribution is -0.384. The minimum Gasteiger partial charge on any atom is -0.507 e. The maximum atomic E-state index is 14.7. The van der Waals surface area contributed by atoms with Gasteiger partial charge in [-0.1, -0.05) is 36.4 Å². The van der Waals surface area contributed by atoms with Crippen LogP contribution in [0.4, 0.5) is 15.8 Å². The molecule has 5 aromatic rings. The second-order valence-electron chi connectivity index (χ2n) is 10.2. The number of aromatic nitrogens is 1. The summed E-state index contributed by atoms with van der Waals surface area (Å²) in [6.45, 7) is 3.83. The molecule has 208 valence electrons. The molecular formula is C33H24FN3O5. The predicted octanol–water partition coefficient (Wildman–Crippen LogP) is 6.70. The number of halogens is 1. The molecule has 0 atom stereocenters. The van der Waals surface area contributed by atoms with Crippen molar-refractivity contribution in [3.05, 3.63) is 140 Å². The third-order valence-electron chi connectivity index (χ3n) is 7.56. The molecule has 0 radical (unpaired) electrons. The van der Waals surface area contributed by atoms with E-state index in [1.54, 1.807) is 35.2 Å². The molecule has 0 saturated heterocycles. The quantitative estimate of drug-likeness (QED) is 0.190. The lowest BCUT2D eigenvalue weighted by atomic mass is 9.90. The number of fused-ring (bicyclic) bond motifs is 1. The van der Waals surface area contributed by atoms with Gasteiger partial charge in [0, 0.05) is 34.5 Å². The fraction of sp³-hybridized carbons (Fsp3) is 0.0909. The zero-order chi connectivity index (χ0) is 29.7. The molecule has 0 spiro atoms. The number of nitrogens with zero attached hydrogens (tertiary/aromatic N) is 3. The highest BCUT2D eigenvalue weighted by Crippen LogP contribution is 2.44. The third kappa shape index (κ3) is 4.23. The number of hydrogen-bond acceptors (Lipinski definition) is 5. The fourth-order valence-electron chi connectivity index (χ4n) is 5.72. The molecule has 1 amide bonds. The van der Waals surface area contributed by atoms with Crippen LogP contribution in [0.2, 0.25) is 0 Å². The van der Waals surface area contributed by atoms with Crippen LogP contribution in [-0.2, 0) is 6.54 Å². The molecule has 0 bridgehead atoms. The number of carbonyl (C=O) groups is 1. The number of phenolic OH excluding ortho intramolecular Hbond substituents is 1. The van der Waals surface area contributed by atoms with Crippen molar-refractivity contribution in [3.63, 3.8) is 0 Å². The zero-order valence-corrected chi connectivity index (χ0v) is 22.7. The summed E-state index contributed by atoms with van der Waals surface area (Å²) in [6.07, 6.45) is 0. The number of nitro benzene ring substituents is 1. The number of rotatable bonds is 5. The molecule has 6 rings (SSSR count). The highest BCUT2D eigenvalue weighted by molar-refractivity contribution is 6.12. The topological polar surface area (TPSA) is 106 Å². The van der Waals surface area contributed by atoms with Crippen molar-refractivity contribution in [2.24, 2.45) is 0 Å². The van der Waals surface area contributed by atoms with Crippen LogP contribution in [0.25, 0.3) is 27.9 Å². The van der Waals surface area contributed by atoms with Gasteiger partial charge in [-0.25, -0.2) is 4.39 Å². The van der Waals surface area contributed by atoms with E-state index >= 15 is 0 Å². The molecule has 4 aromatic carbocycles. The summed E-state index contributed by atoms with van der Waals surface area (Å²) in [6, 6.07) is 23.2. The van der Waals surface area contributed by atoms with E-state index in [1.807, 2.05) is 32.0 Å².